The van der Waals surface area contributed by atoms with Crippen LogP contribution in [0.2, 0.25) is 0 Å². The number of aromatic nitrogens is 2. The molecule has 0 aliphatic heterocycles. The summed E-state index contributed by atoms with van der Waals surface area (Å²) in [5.41, 5.74) is 1.12. The second kappa shape index (κ2) is 7.57. The number of rotatable bonds is 6. The largest absolute Gasteiger partial charge is 0.492 e. The highest BCUT2D eigenvalue weighted by Gasteiger charge is 2.07. The normalized spacial score (nSPS) is 10.4. The smallest absolute Gasteiger partial charge is 0.229 e. The van der Waals surface area contributed by atoms with Crippen molar-refractivity contribution in [2.75, 3.05) is 17.2 Å². The van der Waals surface area contributed by atoms with Crippen LogP contribution >= 0.6 is 0 Å². The second-order valence-corrected chi connectivity index (χ2v) is 5.07. The van der Waals surface area contributed by atoms with E-state index in [4.69, 9.17) is 4.74 Å². The number of hydrogen-bond donors (Lipinski definition) is 2. The van der Waals surface area contributed by atoms with Gasteiger partial charge in [-0.1, -0.05) is 12.1 Å². The summed E-state index contributed by atoms with van der Waals surface area (Å²) in [4.78, 5) is 8.39. The molecule has 0 fully saturated rings. The number of benzene rings is 2. The van der Waals surface area contributed by atoms with E-state index in [9.17, 15) is 8.78 Å². The molecule has 0 radical (unpaired) electrons. The standard InChI is InChI=1S/C18H16F2N4O/c1-2-25-16-6-4-3-5-15(16)23-17-9-10-21-18(24-17)22-12-7-8-13(19)14(20)11-12/h3-11H,2H2,1H3,(H2,21,22,23,24). The summed E-state index contributed by atoms with van der Waals surface area (Å²) < 4.78 is 31.8. The van der Waals surface area contributed by atoms with Crippen molar-refractivity contribution in [2.24, 2.45) is 0 Å². The summed E-state index contributed by atoms with van der Waals surface area (Å²) in [7, 11) is 0. The van der Waals surface area contributed by atoms with Crippen LogP contribution in [0.15, 0.2) is 54.7 Å². The molecule has 0 atom stereocenters. The third-order valence-corrected chi connectivity index (χ3v) is 3.28. The van der Waals surface area contributed by atoms with Crippen LogP contribution in [0, 0.1) is 11.6 Å². The lowest BCUT2D eigenvalue weighted by Crippen LogP contribution is -2.02. The van der Waals surface area contributed by atoms with E-state index in [0.29, 0.717) is 23.9 Å². The Hall–Kier alpha value is -3.22. The first-order valence-electron chi connectivity index (χ1n) is 7.69. The van der Waals surface area contributed by atoms with Crippen LogP contribution in [0.3, 0.4) is 0 Å². The summed E-state index contributed by atoms with van der Waals surface area (Å²) in [6.45, 7) is 2.46. The highest BCUT2D eigenvalue weighted by molar-refractivity contribution is 5.65. The van der Waals surface area contributed by atoms with E-state index in [0.717, 1.165) is 17.8 Å². The molecule has 5 nitrogen and oxygen atoms in total. The molecule has 0 spiro atoms. The van der Waals surface area contributed by atoms with Gasteiger partial charge in [-0.15, -0.1) is 0 Å². The Balaban J connectivity index is 1.78. The molecular formula is C18H16F2N4O. The molecule has 0 saturated heterocycles. The monoisotopic (exact) mass is 342 g/mol. The van der Waals surface area contributed by atoms with Gasteiger partial charge in [-0.05, 0) is 37.3 Å². The predicted octanol–water partition coefficient (Wildman–Crippen LogP) is 4.64. The Labute approximate surface area is 143 Å². The van der Waals surface area contributed by atoms with Gasteiger partial charge in [0.2, 0.25) is 5.95 Å². The molecule has 0 aliphatic rings. The molecule has 1 heterocycles. The van der Waals surface area contributed by atoms with Gasteiger partial charge >= 0.3 is 0 Å². The van der Waals surface area contributed by atoms with Gasteiger partial charge in [-0.25, -0.2) is 13.8 Å². The Bertz CT molecular complexity index is 873. The fraction of sp³-hybridized carbons (Fsp3) is 0.111. The van der Waals surface area contributed by atoms with Crippen LogP contribution < -0.4 is 15.4 Å². The van der Waals surface area contributed by atoms with Gasteiger partial charge in [0.05, 0.1) is 12.3 Å². The van der Waals surface area contributed by atoms with E-state index >= 15 is 0 Å². The van der Waals surface area contributed by atoms with Gasteiger partial charge in [0.1, 0.15) is 11.6 Å². The first kappa shape index (κ1) is 16.6. The van der Waals surface area contributed by atoms with Crippen molar-refractivity contribution in [1.82, 2.24) is 9.97 Å². The molecule has 0 amide bonds. The van der Waals surface area contributed by atoms with E-state index in [2.05, 4.69) is 20.6 Å². The van der Waals surface area contributed by atoms with Crippen LogP contribution in [0.1, 0.15) is 6.92 Å². The van der Waals surface area contributed by atoms with Crippen LogP contribution in [0.5, 0.6) is 5.75 Å². The molecule has 3 aromatic rings. The predicted molar refractivity (Wildman–Crippen MR) is 92.6 cm³/mol. The van der Waals surface area contributed by atoms with Crippen LogP contribution in [-0.2, 0) is 0 Å². The zero-order valence-electron chi connectivity index (χ0n) is 13.5. The summed E-state index contributed by atoms with van der Waals surface area (Å²) in [6, 6.07) is 12.7. The van der Waals surface area contributed by atoms with Crippen LogP contribution in [0.25, 0.3) is 0 Å². The SMILES string of the molecule is CCOc1ccccc1Nc1ccnc(Nc2ccc(F)c(F)c2)n1. The molecule has 3 rings (SSSR count). The number of nitrogens with one attached hydrogen (secondary N) is 2. The number of hydrogen-bond acceptors (Lipinski definition) is 5. The Morgan fingerprint density at radius 2 is 1.84 bits per heavy atom. The van der Waals surface area contributed by atoms with Gasteiger partial charge in [0.15, 0.2) is 11.6 Å². The Morgan fingerprint density at radius 3 is 2.64 bits per heavy atom. The summed E-state index contributed by atoms with van der Waals surface area (Å²) in [5, 5.41) is 5.99. The maximum absolute atomic E-state index is 13.3. The molecular weight excluding hydrogens is 326 g/mol. The van der Waals surface area contributed by atoms with Crippen molar-refractivity contribution in [3.63, 3.8) is 0 Å². The van der Waals surface area contributed by atoms with Crippen molar-refractivity contribution in [1.29, 1.82) is 0 Å². The molecule has 7 heteroatoms. The minimum absolute atomic E-state index is 0.255. The summed E-state index contributed by atoms with van der Waals surface area (Å²) >= 11 is 0. The van der Waals surface area contributed by atoms with E-state index in [1.165, 1.54) is 6.07 Å². The highest BCUT2D eigenvalue weighted by atomic mass is 19.2. The third-order valence-electron chi connectivity index (χ3n) is 3.28. The third kappa shape index (κ3) is 4.20. The molecule has 1 aromatic heterocycles. The minimum atomic E-state index is -0.940. The number of anilines is 4. The fourth-order valence-corrected chi connectivity index (χ4v) is 2.18. The fourth-order valence-electron chi connectivity index (χ4n) is 2.18. The van der Waals surface area contributed by atoms with E-state index in [-0.39, 0.29) is 5.95 Å². The molecule has 128 valence electrons. The Kier molecular flexibility index (Phi) is 5.03. The molecule has 0 saturated carbocycles. The van der Waals surface area contributed by atoms with Gasteiger partial charge in [0.25, 0.3) is 0 Å². The zero-order valence-corrected chi connectivity index (χ0v) is 13.5. The first-order chi connectivity index (χ1) is 12.2. The van der Waals surface area contributed by atoms with Crippen LogP contribution in [0.4, 0.5) is 31.9 Å². The molecule has 0 bridgehead atoms. The lowest BCUT2D eigenvalue weighted by atomic mass is 10.3. The average Bonchev–Trinajstić information content (AvgIpc) is 2.61. The van der Waals surface area contributed by atoms with Crippen molar-refractivity contribution in [3.8, 4) is 5.75 Å². The molecule has 25 heavy (non-hydrogen) atoms. The summed E-state index contributed by atoms with van der Waals surface area (Å²) in [6.07, 6.45) is 1.56. The van der Waals surface area contributed by atoms with E-state index < -0.39 is 11.6 Å². The van der Waals surface area contributed by atoms with Crippen molar-refractivity contribution in [3.05, 3.63) is 66.4 Å². The van der Waals surface area contributed by atoms with E-state index in [1.807, 2.05) is 31.2 Å². The number of nitrogens with zero attached hydrogens (tertiary/aromatic N) is 2. The number of para-hydroxylation sites is 2. The lowest BCUT2D eigenvalue weighted by Gasteiger charge is -2.12. The van der Waals surface area contributed by atoms with Crippen LogP contribution in [-0.4, -0.2) is 16.6 Å². The zero-order chi connectivity index (χ0) is 17.6. The molecule has 0 aliphatic carbocycles. The van der Waals surface area contributed by atoms with Gasteiger partial charge in [0, 0.05) is 18.0 Å². The molecule has 2 N–H and O–H groups in total. The van der Waals surface area contributed by atoms with E-state index in [1.54, 1.807) is 12.3 Å². The van der Waals surface area contributed by atoms with Crippen molar-refractivity contribution < 1.29 is 13.5 Å². The minimum Gasteiger partial charge on any atom is -0.492 e. The summed E-state index contributed by atoms with van der Waals surface area (Å²) in [5.74, 6) is -0.352. The number of halogens is 2. The topological polar surface area (TPSA) is 59.1 Å². The maximum atomic E-state index is 13.3. The van der Waals surface area contributed by atoms with Crippen molar-refractivity contribution in [2.45, 2.75) is 6.92 Å². The lowest BCUT2D eigenvalue weighted by molar-refractivity contribution is 0.342. The second-order valence-electron chi connectivity index (χ2n) is 5.07. The number of ether oxygens (including phenoxy) is 1. The first-order valence-corrected chi connectivity index (χ1v) is 7.69. The van der Waals surface area contributed by atoms with Gasteiger partial charge in [-0.3, -0.25) is 0 Å². The molecule has 2 aromatic carbocycles. The quantitative estimate of drug-likeness (QED) is 0.683. The van der Waals surface area contributed by atoms with Gasteiger partial charge in [-0.2, -0.15) is 4.98 Å². The van der Waals surface area contributed by atoms with Gasteiger partial charge < -0.3 is 15.4 Å². The maximum Gasteiger partial charge on any atom is 0.229 e. The average molecular weight is 342 g/mol. The van der Waals surface area contributed by atoms with Crippen molar-refractivity contribution >= 4 is 23.1 Å². The highest BCUT2D eigenvalue weighted by Crippen LogP contribution is 2.27. The molecule has 0 unspecified atom stereocenters. The Morgan fingerprint density at radius 1 is 1.00 bits per heavy atom.